The van der Waals surface area contributed by atoms with E-state index in [4.69, 9.17) is 16.0 Å². The van der Waals surface area contributed by atoms with Crippen molar-refractivity contribution in [2.75, 3.05) is 0 Å². The molecule has 0 saturated carbocycles. The summed E-state index contributed by atoms with van der Waals surface area (Å²) >= 11 is 5.80. The molecule has 0 aliphatic heterocycles. The first-order chi connectivity index (χ1) is 8.85. The van der Waals surface area contributed by atoms with E-state index < -0.39 is 6.36 Å². The predicted octanol–water partition coefficient (Wildman–Crippen LogP) is 4.54. The van der Waals surface area contributed by atoms with Crippen molar-refractivity contribution in [1.82, 2.24) is 4.98 Å². The van der Waals surface area contributed by atoms with Crippen molar-refractivity contribution in [3.8, 4) is 17.1 Å². The van der Waals surface area contributed by atoms with Gasteiger partial charge < -0.3 is 9.15 Å². The number of hydrogen-bond acceptors (Lipinski definition) is 3. The lowest BCUT2D eigenvalue weighted by Crippen LogP contribution is -2.16. The first-order valence-electron chi connectivity index (χ1n) is 5.31. The van der Waals surface area contributed by atoms with Gasteiger partial charge in [-0.2, -0.15) is 0 Å². The molecule has 0 fully saturated rings. The Balaban J connectivity index is 2.17. The molecule has 1 unspecified atom stereocenters. The molecule has 0 N–H and O–H groups in total. The minimum atomic E-state index is -4.70. The smallest absolute Gasteiger partial charge is 0.439 e. The largest absolute Gasteiger partial charge is 0.573 e. The molecule has 0 aliphatic carbocycles. The molecule has 102 valence electrons. The van der Waals surface area contributed by atoms with Gasteiger partial charge in [0.15, 0.2) is 5.76 Å². The average Bonchev–Trinajstić information content (AvgIpc) is 2.77. The number of nitrogens with zero attached hydrogens (tertiary/aromatic N) is 1. The number of aromatic nitrogens is 1. The maximum Gasteiger partial charge on any atom is 0.573 e. The highest BCUT2D eigenvalue weighted by Gasteiger charge is 2.31. The minimum Gasteiger partial charge on any atom is -0.439 e. The third-order valence-electron chi connectivity index (χ3n) is 2.24. The maximum atomic E-state index is 12.0. The van der Waals surface area contributed by atoms with E-state index in [1.54, 1.807) is 6.92 Å². The van der Waals surface area contributed by atoms with Crippen LogP contribution in [0.3, 0.4) is 0 Å². The fraction of sp³-hybridized carbons (Fsp3) is 0.250. The number of ether oxygens (including phenoxy) is 1. The first kappa shape index (κ1) is 13.7. The van der Waals surface area contributed by atoms with Crippen molar-refractivity contribution in [1.29, 1.82) is 0 Å². The van der Waals surface area contributed by atoms with Crippen LogP contribution in [0.25, 0.3) is 11.3 Å². The van der Waals surface area contributed by atoms with Crippen LogP contribution in [0.1, 0.15) is 18.2 Å². The van der Waals surface area contributed by atoms with Crippen molar-refractivity contribution in [2.45, 2.75) is 18.7 Å². The number of hydrogen-bond donors (Lipinski definition) is 0. The number of oxazole rings is 1. The predicted molar refractivity (Wildman–Crippen MR) is 62.9 cm³/mol. The van der Waals surface area contributed by atoms with Crippen molar-refractivity contribution in [3.05, 3.63) is 36.4 Å². The topological polar surface area (TPSA) is 35.3 Å². The molecule has 0 bridgehead atoms. The Morgan fingerprint density at radius 3 is 2.37 bits per heavy atom. The Morgan fingerprint density at radius 1 is 1.26 bits per heavy atom. The zero-order chi connectivity index (χ0) is 14.0. The molecule has 0 spiro atoms. The number of benzene rings is 1. The molecule has 2 rings (SSSR count). The summed E-state index contributed by atoms with van der Waals surface area (Å²) in [6.45, 7) is 1.71. The molecule has 2 aromatic rings. The van der Waals surface area contributed by atoms with Crippen LogP contribution in [0.2, 0.25) is 0 Å². The lowest BCUT2D eigenvalue weighted by atomic mass is 10.2. The Morgan fingerprint density at radius 2 is 1.89 bits per heavy atom. The van der Waals surface area contributed by atoms with Gasteiger partial charge in [-0.15, -0.1) is 24.8 Å². The second-order valence-corrected chi connectivity index (χ2v) is 4.41. The molecule has 7 heteroatoms. The highest BCUT2D eigenvalue weighted by Crippen LogP contribution is 2.28. The lowest BCUT2D eigenvalue weighted by molar-refractivity contribution is -0.274. The molecule has 3 nitrogen and oxygen atoms in total. The summed E-state index contributed by atoms with van der Waals surface area (Å²) in [5.74, 6) is 0.495. The van der Waals surface area contributed by atoms with Crippen LogP contribution in [-0.4, -0.2) is 11.3 Å². The second-order valence-electron chi connectivity index (χ2n) is 3.75. The SMILES string of the molecule is CC(Cl)c1ncc(-c2ccc(OC(F)(F)F)cc2)o1. The highest BCUT2D eigenvalue weighted by atomic mass is 35.5. The highest BCUT2D eigenvalue weighted by molar-refractivity contribution is 6.20. The Kier molecular flexibility index (Phi) is 3.71. The first-order valence-corrected chi connectivity index (χ1v) is 5.75. The third-order valence-corrected chi connectivity index (χ3v) is 2.42. The average molecular weight is 292 g/mol. The number of rotatable bonds is 3. The maximum absolute atomic E-state index is 12.0. The Bertz CT molecular complexity index is 549. The summed E-state index contributed by atoms with van der Waals surface area (Å²) in [6, 6.07) is 5.30. The van der Waals surface area contributed by atoms with E-state index in [0.717, 1.165) is 0 Å². The molecule has 0 radical (unpaired) electrons. The molecule has 1 atom stereocenters. The van der Waals surface area contributed by atoms with Crippen LogP contribution in [-0.2, 0) is 0 Å². The summed E-state index contributed by atoms with van der Waals surface area (Å²) in [7, 11) is 0. The molecule has 0 saturated heterocycles. The summed E-state index contributed by atoms with van der Waals surface area (Å²) in [6.07, 6.45) is -3.23. The van der Waals surface area contributed by atoms with Gasteiger partial charge in [-0.1, -0.05) is 0 Å². The monoisotopic (exact) mass is 291 g/mol. The van der Waals surface area contributed by atoms with Crippen LogP contribution in [0.15, 0.2) is 34.9 Å². The van der Waals surface area contributed by atoms with Crippen LogP contribution >= 0.6 is 11.6 Å². The van der Waals surface area contributed by atoms with Gasteiger partial charge in [-0.05, 0) is 31.2 Å². The van der Waals surface area contributed by atoms with Gasteiger partial charge in [0.1, 0.15) is 11.1 Å². The van der Waals surface area contributed by atoms with Gasteiger partial charge in [-0.3, -0.25) is 0 Å². The zero-order valence-electron chi connectivity index (χ0n) is 9.74. The summed E-state index contributed by atoms with van der Waals surface area (Å²) in [5.41, 5.74) is 0.589. The van der Waals surface area contributed by atoms with Crippen molar-refractivity contribution >= 4 is 11.6 Å². The molecule has 0 aliphatic rings. The van der Waals surface area contributed by atoms with Gasteiger partial charge in [0.25, 0.3) is 0 Å². The van der Waals surface area contributed by atoms with Crippen molar-refractivity contribution in [2.24, 2.45) is 0 Å². The summed E-state index contributed by atoms with van der Waals surface area (Å²) in [5, 5.41) is -0.374. The molecule has 1 aromatic carbocycles. The van der Waals surface area contributed by atoms with Crippen molar-refractivity contribution < 1.29 is 22.3 Å². The number of halogens is 4. The molecule has 0 amide bonds. The van der Waals surface area contributed by atoms with E-state index in [0.29, 0.717) is 17.2 Å². The lowest BCUT2D eigenvalue weighted by Gasteiger charge is -2.08. The van der Waals surface area contributed by atoms with E-state index in [2.05, 4.69) is 9.72 Å². The Hall–Kier alpha value is -1.69. The van der Waals surface area contributed by atoms with Crippen LogP contribution in [0.4, 0.5) is 13.2 Å². The van der Waals surface area contributed by atoms with Gasteiger partial charge in [-0.25, -0.2) is 4.98 Å². The van der Waals surface area contributed by atoms with E-state index >= 15 is 0 Å². The van der Waals surface area contributed by atoms with Crippen LogP contribution < -0.4 is 4.74 Å². The quantitative estimate of drug-likeness (QED) is 0.779. The van der Waals surface area contributed by atoms with E-state index in [1.165, 1.54) is 30.5 Å². The molecule has 19 heavy (non-hydrogen) atoms. The van der Waals surface area contributed by atoms with Crippen LogP contribution in [0, 0.1) is 0 Å². The van der Waals surface area contributed by atoms with Crippen LogP contribution in [0.5, 0.6) is 5.75 Å². The van der Waals surface area contributed by atoms with Gasteiger partial charge in [0.05, 0.1) is 6.20 Å². The van der Waals surface area contributed by atoms with Gasteiger partial charge in [0, 0.05) is 5.56 Å². The number of alkyl halides is 4. The third kappa shape index (κ3) is 3.64. The van der Waals surface area contributed by atoms with E-state index in [9.17, 15) is 13.2 Å². The summed E-state index contributed by atoms with van der Waals surface area (Å²) in [4.78, 5) is 3.96. The minimum absolute atomic E-state index is 0.290. The normalized spacial score (nSPS) is 13.3. The molecule has 1 aromatic heterocycles. The van der Waals surface area contributed by atoms with Gasteiger partial charge >= 0.3 is 6.36 Å². The summed E-state index contributed by atoms with van der Waals surface area (Å²) < 4.78 is 45.1. The van der Waals surface area contributed by atoms with Crippen molar-refractivity contribution in [3.63, 3.8) is 0 Å². The fourth-order valence-corrected chi connectivity index (χ4v) is 1.53. The van der Waals surface area contributed by atoms with E-state index in [1.807, 2.05) is 0 Å². The zero-order valence-corrected chi connectivity index (χ0v) is 10.5. The standard InChI is InChI=1S/C12H9ClF3NO2/c1-7(13)11-17-6-10(18-11)8-2-4-9(5-3-8)19-12(14,15)16/h2-7H,1H3. The second kappa shape index (κ2) is 5.13. The van der Waals surface area contributed by atoms with E-state index in [-0.39, 0.29) is 11.1 Å². The molecular formula is C12H9ClF3NO2. The molecular weight excluding hydrogens is 283 g/mol. The Labute approximate surface area is 112 Å². The fourth-order valence-electron chi connectivity index (χ4n) is 1.43. The van der Waals surface area contributed by atoms with Gasteiger partial charge in [0.2, 0.25) is 5.89 Å². The molecule has 1 heterocycles.